The molecule has 0 aliphatic carbocycles. The normalized spacial score (nSPS) is 12.2. The molecule has 28 heavy (non-hydrogen) atoms. The lowest BCUT2D eigenvalue weighted by Crippen LogP contribution is -2.16. The molecule has 6 heteroatoms. The van der Waals surface area contributed by atoms with Gasteiger partial charge in [-0.15, -0.1) is 11.3 Å². The highest BCUT2D eigenvalue weighted by Gasteiger charge is 2.19. The molecule has 0 spiro atoms. The topological polar surface area (TPSA) is 62.8 Å². The second-order valence-corrected chi connectivity index (χ2v) is 8.74. The van der Waals surface area contributed by atoms with Crippen LogP contribution in [0.4, 0.5) is 0 Å². The lowest BCUT2D eigenvalue weighted by Gasteiger charge is -2.09. The predicted octanol–water partition coefficient (Wildman–Crippen LogP) is 5.32. The summed E-state index contributed by atoms with van der Waals surface area (Å²) in [5, 5.41) is 2.68. The van der Waals surface area contributed by atoms with E-state index in [0.29, 0.717) is 20.9 Å². The van der Waals surface area contributed by atoms with E-state index in [9.17, 15) is 9.59 Å². The first-order valence-electron chi connectivity index (χ1n) is 8.87. The van der Waals surface area contributed by atoms with Crippen LogP contribution >= 0.6 is 23.1 Å². The van der Waals surface area contributed by atoms with Crippen molar-refractivity contribution in [2.45, 2.75) is 24.3 Å². The number of aromatic amines is 1. The standard InChI is InChI=1S/C22H18N2O2S2/c1-13-8-10-15(11-9-13)17-12-27-21-18(17)20(26)23-22(24-21)28-14(2)19(25)16-6-4-3-5-7-16/h3-12,14H,1-2H3,(H,23,24,26). The fourth-order valence-electron chi connectivity index (χ4n) is 2.99. The van der Waals surface area contributed by atoms with Gasteiger partial charge in [-0.25, -0.2) is 4.98 Å². The van der Waals surface area contributed by atoms with Crippen LogP contribution in [0.3, 0.4) is 0 Å². The second-order valence-electron chi connectivity index (χ2n) is 6.56. The number of H-pyrrole nitrogens is 1. The van der Waals surface area contributed by atoms with E-state index in [0.717, 1.165) is 11.1 Å². The minimum absolute atomic E-state index is 0.0138. The Hall–Kier alpha value is -2.70. The van der Waals surface area contributed by atoms with E-state index >= 15 is 0 Å². The summed E-state index contributed by atoms with van der Waals surface area (Å²) in [7, 11) is 0. The van der Waals surface area contributed by atoms with E-state index in [2.05, 4.69) is 9.97 Å². The molecular weight excluding hydrogens is 388 g/mol. The average Bonchev–Trinajstić information content (AvgIpc) is 3.13. The number of fused-ring (bicyclic) bond motifs is 1. The molecule has 4 nitrogen and oxygen atoms in total. The predicted molar refractivity (Wildman–Crippen MR) is 117 cm³/mol. The van der Waals surface area contributed by atoms with Crippen molar-refractivity contribution in [2.24, 2.45) is 0 Å². The fraction of sp³-hybridized carbons (Fsp3) is 0.136. The Labute approximate surface area is 170 Å². The fourth-order valence-corrected chi connectivity index (χ4v) is 4.87. The van der Waals surface area contributed by atoms with Crippen LogP contribution < -0.4 is 5.56 Å². The average molecular weight is 407 g/mol. The molecule has 0 radical (unpaired) electrons. The molecule has 1 unspecified atom stereocenters. The van der Waals surface area contributed by atoms with E-state index < -0.39 is 0 Å². The summed E-state index contributed by atoms with van der Waals surface area (Å²) in [5.74, 6) is 0.0138. The molecule has 4 rings (SSSR count). The molecule has 1 N–H and O–H groups in total. The van der Waals surface area contributed by atoms with Crippen molar-refractivity contribution in [1.82, 2.24) is 9.97 Å². The molecule has 0 aliphatic rings. The molecule has 0 aliphatic heterocycles. The number of nitrogens with zero attached hydrogens (tertiary/aromatic N) is 1. The van der Waals surface area contributed by atoms with Crippen molar-refractivity contribution in [3.63, 3.8) is 0 Å². The van der Waals surface area contributed by atoms with Gasteiger partial charge >= 0.3 is 0 Å². The van der Waals surface area contributed by atoms with Crippen LogP contribution in [-0.2, 0) is 0 Å². The minimum Gasteiger partial charge on any atom is -0.301 e. The number of hydrogen-bond acceptors (Lipinski definition) is 5. The third-order valence-corrected chi connectivity index (χ3v) is 6.36. The molecular formula is C22H18N2O2S2. The lowest BCUT2D eigenvalue weighted by atomic mass is 10.1. The number of ketones is 1. The number of thiophene rings is 1. The number of thioether (sulfide) groups is 1. The largest absolute Gasteiger partial charge is 0.301 e. The van der Waals surface area contributed by atoms with Crippen molar-refractivity contribution in [1.29, 1.82) is 0 Å². The summed E-state index contributed by atoms with van der Waals surface area (Å²) in [6.07, 6.45) is 0. The number of rotatable bonds is 5. The Morgan fingerprint density at radius 3 is 2.54 bits per heavy atom. The number of benzene rings is 2. The van der Waals surface area contributed by atoms with Gasteiger partial charge in [0.1, 0.15) is 4.83 Å². The van der Waals surface area contributed by atoms with Gasteiger partial charge in [0.05, 0.1) is 10.6 Å². The Bertz CT molecular complexity index is 1190. The third kappa shape index (κ3) is 3.66. The van der Waals surface area contributed by atoms with Gasteiger partial charge in [-0.05, 0) is 19.4 Å². The first kappa shape index (κ1) is 18.7. The van der Waals surface area contributed by atoms with Crippen LogP contribution in [0.1, 0.15) is 22.8 Å². The highest BCUT2D eigenvalue weighted by molar-refractivity contribution is 8.00. The summed E-state index contributed by atoms with van der Waals surface area (Å²) < 4.78 is 0. The maximum absolute atomic E-state index is 12.8. The van der Waals surface area contributed by atoms with Crippen LogP contribution in [0.2, 0.25) is 0 Å². The molecule has 0 saturated carbocycles. The number of carbonyl (C=O) groups excluding carboxylic acids is 1. The number of carbonyl (C=O) groups is 1. The molecule has 140 valence electrons. The molecule has 1 atom stereocenters. The SMILES string of the molecule is Cc1ccc(-c2csc3nc(SC(C)C(=O)c4ccccc4)[nH]c(=O)c23)cc1. The highest BCUT2D eigenvalue weighted by Crippen LogP contribution is 2.32. The maximum Gasteiger partial charge on any atom is 0.260 e. The first-order valence-corrected chi connectivity index (χ1v) is 10.6. The summed E-state index contributed by atoms with van der Waals surface area (Å²) in [5.41, 5.74) is 3.54. The summed E-state index contributed by atoms with van der Waals surface area (Å²) in [4.78, 5) is 33.4. The van der Waals surface area contributed by atoms with Crippen LogP contribution in [0.15, 0.2) is 69.9 Å². The summed E-state index contributed by atoms with van der Waals surface area (Å²) >= 11 is 2.72. The lowest BCUT2D eigenvalue weighted by molar-refractivity contribution is 0.0994. The Kier molecular flexibility index (Phi) is 5.15. The van der Waals surface area contributed by atoms with Gasteiger partial charge in [0.15, 0.2) is 10.9 Å². The van der Waals surface area contributed by atoms with E-state index in [4.69, 9.17) is 0 Å². The first-order chi connectivity index (χ1) is 13.5. The zero-order valence-electron chi connectivity index (χ0n) is 15.4. The molecule has 2 aromatic heterocycles. The number of nitrogens with one attached hydrogen (secondary N) is 1. The Morgan fingerprint density at radius 2 is 1.82 bits per heavy atom. The number of aryl methyl sites for hydroxylation is 1. The molecule has 4 aromatic rings. The molecule has 0 amide bonds. The zero-order valence-corrected chi connectivity index (χ0v) is 17.1. The van der Waals surface area contributed by atoms with E-state index in [1.54, 1.807) is 12.1 Å². The van der Waals surface area contributed by atoms with E-state index in [1.165, 1.54) is 28.7 Å². The molecule has 0 bridgehead atoms. The summed E-state index contributed by atoms with van der Waals surface area (Å²) in [6, 6.07) is 17.2. The van der Waals surface area contributed by atoms with Gasteiger partial charge in [-0.2, -0.15) is 0 Å². The minimum atomic E-state index is -0.348. The van der Waals surface area contributed by atoms with Crippen LogP contribution in [0.25, 0.3) is 21.3 Å². The third-order valence-electron chi connectivity index (χ3n) is 4.50. The van der Waals surface area contributed by atoms with Crippen LogP contribution in [0, 0.1) is 6.92 Å². The van der Waals surface area contributed by atoms with Gasteiger partial charge in [0, 0.05) is 16.5 Å². The van der Waals surface area contributed by atoms with Crippen molar-refractivity contribution >= 4 is 39.1 Å². The van der Waals surface area contributed by atoms with E-state index in [1.807, 2.05) is 61.7 Å². The highest BCUT2D eigenvalue weighted by atomic mass is 32.2. The van der Waals surface area contributed by atoms with Crippen molar-refractivity contribution in [3.8, 4) is 11.1 Å². The molecule has 0 fully saturated rings. The quantitative estimate of drug-likeness (QED) is 0.277. The van der Waals surface area contributed by atoms with Crippen molar-refractivity contribution < 1.29 is 4.79 Å². The Balaban J connectivity index is 1.64. The number of Topliss-reactive ketones (excluding diaryl/α,β-unsaturated/α-hetero) is 1. The van der Waals surface area contributed by atoms with Crippen molar-refractivity contribution in [3.05, 3.63) is 81.5 Å². The number of hydrogen-bond donors (Lipinski definition) is 1. The van der Waals surface area contributed by atoms with Gasteiger partial charge in [-0.3, -0.25) is 9.59 Å². The number of aromatic nitrogens is 2. The summed E-state index contributed by atoms with van der Waals surface area (Å²) in [6.45, 7) is 3.86. The monoisotopic (exact) mass is 406 g/mol. The molecule has 2 heterocycles. The molecule has 0 saturated heterocycles. The van der Waals surface area contributed by atoms with E-state index in [-0.39, 0.29) is 16.6 Å². The van der Waals surface area contributed by atoms with Crippen LogP contribution in [-0.4, -0.2) is 21.0 Å². The van der Waals surface area contributed by atoms with Gasteiger partial charge in [0.25, 0.3) is 5.56 Å². The molecule has 2 aromatic carbocycles. The van der Waals surface area contributed by atoms with Gasteiger partial charge in [-0.1, -0.05) is 71.9 Å². The second kappa shape index (κ2) is 7.73. The zero-order chi connectivity index (χ0) is 19.7. The Morgan fingerprint density at radius 1 is 1.11 bits per heavy atom. The van der Waals surface area contributed by atoms with Crippen LogP contribution in [0.5, 0.6) is 0 Å². The smallest absolute Gasteiger partial charge is 0.260 e. The van der Waals surface area contributed by atoms with Gasteiger partial charge < -0.3 is 4.98 Å². The van der Waals surface area contributed by atoms with Gasteiger partial charge in [0.2, 0.25) is 0 Å². The van der Waals surface area contributed by atoms with Crippen molar-refractivity contribution in [2.75, 3.05) is 0 Å². The maximum atomic E-state index is 12.8.